The molecule has 1 rings (SSSR count). The second-order valence-corrected chi connectivity index (χ2v) is 6.05. The molecule has 0 aromatic heterocycles. The van der Waals surface area contributed by atoms with Gasteiger partial charge in [-0.05, 0) is 31.5 Å². The molecule has 0 spiro atoms. The van der Waals surface area contributed by atoms with E-state index in [-0.39, 0.29) is 24.2 Å². The Kier molecular flexibility index (Phi) is 9.72. The van der Waals surface area contributed by atoms with E-state index < -0.39 is 6.61 Å². The predicted molar refractivity (Wildman–Crippen MR) is 98.8 cm³/mol. The van der Waals surface area contributed by atoms with Gasteiger partial charge in [-0.25, -0.2) is 0 Å². The number of carbonyl (C=O) groups is 1. The third-order valence-electron chi connectivity index (χ3n) is 3.57. The molecule has 146 valence electrons. The van der Waals surface area contributed by atoms with Crippen molar-refractivity contribution < 1.29 is 18.3 Å². The van der Waals surface area contributed by atoms with Gasteiger partial charge in [-0.15, -0.1) is 0 Å². The lowest BCUT2D eigenvalue weighted by Crippen LogP contribution is -2.40. The van der Waals surface area contributed by atoms with Crippen molar-refractivity contribution in [3.8, 4) is 5.75 Å². The van der Waals surface area contributed by atoms with E-state index in [0.717, 1.165) is 6.42 Å². The van der Waals surface area contributed by atoms with Crippen LogP contribution >= 0.6 is 11.6 Å². The summed E-state index contributed by atoms with van der Waals surface area (Å²) in [7, 11) is 1.57. The Morgan fingerprint density at radius 3 is 2.69 bits per heavy atom. The van der Waals surface area contributed by atoms with E-state index >= 15 is 0 Å². The Hall–Kier alpha value is -2.09. The zero-order valence-corrected chi connectivity index (χ0v) is 15.9. The molecule has 1 aromatic carbocycles. The fourth-order valence-corrected chi connectivity index (χ4v) is 2.23. The lowest BCUT2D eigenvalue weighted by molar-refractivity contribution is -0.121. The van der Waals surface area contributed by atoms with E-state index in [0.29, 0.717) is 29.5 Å². The minimum atomic E-state index is -2.92. The largest absolute Gasteiger partial charge is 0.434 e. The second kappa shape index (κ2) is 11.5. The highest BCUT2D eigenvalue weighted by Crippen LogP contribution is 2.24. The van der Waals surface area contributed by atoms with Crippen LogP contribution in [0.1, 0.15) is 32.3 Å². The smallest absolute Gasteiger partial charge is 0.387 e. The number of nitrogens with one attached hydrogen (secondary N) is 3. The van der Waals surface area contributed by atoms with Crippen molar-refractivity contribution in [1.29, 1.82) is 0 Å². The van der Waals surface area contributed by atoms with Crippen LogP contribution in [-0.4, -0.2) is 38.1 Å². The average molecular weight is 391 g/mol. The zero-order chi connectivity index (χ0) is 19.5. The number of hydrogen-bond donors (Lipinski definition) is 3. The molecule has 1 aromatic rings. The number of guanidine groups is 1. The highest BCUT2D eigenvalue weighted by Gasteiger charge is 2.11. The van der Waals surface area contributed by atoms with Crippen LogP contribution in [0.2, 0.25) is 5.02 Å². The van der Waals surface area contributed by atoms with E-state index in [1.807, 2.05) is 13.8 Å². The highest BCUT2D eigenvalue weighted by molar-refractivity contribution is 6.30. The number of alkyl halides is 2. The molecule has 0 bridgehead atoms. The summed E-state index contributed by atoms with van der Waals surface area (Å²) in [5.74, 6) is 0.425. The summed E-state index contributed by atoms with van der Waals surface area (Å²) in [6.45, 7) is 1.59. The van der Waals surface area contributed by atoms with Gasteiger partial charge >= 0.3 is 6.61 Å². The van der Waals surface area contributed by atoms with E-state index in [2.05, 4.69) is 25.7 Å². The Morgan fingerprint density at radius 1 is 1.35 bits per heavy atom. The van der Waals surface area contributed by atoms with Gasteiger partial charge < -0.3 is 20.7 Å². The monoisotopic (exact) mass is 390 g/mol. The molecule has 0 aliphatic heterocycles. The molecule has 0 heterocycles. The Morgan fingerprint density at radius 2 is 2.08 bits per heavy atom. The molecule has 0 aliphatic rings. The van der Waals surface area contributed by atoms with Crippen LogP contribution in [-0.2, 0) is 11.3 Å². The first-order valence-electron chi connectivity index (χ1n) is 8.32. The summed E-state index contributed by atoms with van der Waals surface area (Å²) in [5.41, 5.74) is 0.468. The molecule has 0 aliphatic carbocycles. The van der Waals surface area contributed by atoms with Gasteiger partial charge in [0.15, 0.2) is 5.96 Å². The van der Waals surface area contributed by atoms with Crippen LogP contribution in [0.15, 0.2) is 23.2 Å². The summed E-state index contributed by atoms with van der Waals surface area (Å²) in [4.78, 5) is 15.8. The van der Waals surface area contributed by atoms with Crippen molar-refractivity contribution in [3.05, 3.63) is 28.8 Å². The van der Waals surface area contributed by atoms with Gasteiger partial charge in [0.1, 0.15) is 5.75 Å². The van der Waals surface area contributed by atoms with Crippen molar-refractivity contribution in [2.24, 2.45) is 4.99 Å². The minimum Gasteiger partial charge on any atom is -0.434 e. The molecule has 0 radical (unpaired) electrons. The quantitative estimate of drug-likeness (QED) is 0.447. The third kappa shape index (κ3) is 8.33. The van der Waals surface area contributed by atoms with Gasteiger partial charge in [-0.2, -0.15) is 8.78 Å². The standard InChI is InChI=1S/C17H25ClF2N4O2/c1-4-11(2)24-15(25)7-8-22-17(21-3)23-10-12-9-13(18)5-6-14(12)26-16(19)20/h5-6,9,11,16H,4,7-8,10H2,1-3H3,(H,24,25)(H2,21,22,23). The zero-order valence-electron chi connectivity index (χ0n) is 15.1. The summed E-state index contributed by atoms with van der Waals surface area (Å²) < 4.78 is 29.4. The number of rotatable bonds is 9. The van der Waals surface area contributed by atoms with Crippen LogP contribution in [0.3, 0.4) is 0 Å². The van der Waals surface area contributed by atoms with Crippen LogP contribution < -0.4 is 20.7 Å². The number of halogens is 3. The van der Waals surface area contributed by atoms with Crippen molar-refractivity contribution in [2.45, 2.75) is 45.9 Å². The molecular weight excluding hydrogens is 366 g/mol. The van der Waals surface area contributed by atoms with Crippen LogP contribution in [0.25, 0.3) is 0 Å². The van der Waals surface area contributed by atoms with Crippen molar-refractivity contribution in [3.63, 3.8) is 0 Å². The number of carbonyl (C=O) groups excluding carboxylic acids is 1. The molecule has 1 unspecified atom stereocenters. The lowest BCUT2D eigenvalue weighted by atomic mass is 10.2. The summed E-state index contributed by atoms with van der Waals surface area (Å²) in [6, 6.07) is 4.54. The highest BCUT2D eigenvalue weighted by atomic mass is 35.5. The summed E-state index contributed by atoms with van der Waals surface area (Å²) >= 11 is 5.91. The van der Waals surface area contributed by atoms with E-state index in [4.69, 9.17) is 11.6 Å². The number of nitrogens with zero attached hydrogens (tertiary/aromatic N) is 1. The SMILES string of the molecule is CCC(C)NC(=O)CCNC(=NC)NCc1cc(Cl)ccc1OC(F)F. The normalized spacial score (nSPS) is 12.7. The molecule has 6 nitrogen and oxygen atoms in total. The molecule has 0 fully saturated rings. The lowest BCUT2D eigenvalue weighted by Gasteiger charge is -2.15. The number of hydrogen-bond acceptors (Lipinski definition) is 3. The third-order valence-corrected chi connectivity index (χ3v) is 3.81. The molecule has 9 heteroatoms. The molecule has 1 amide bonds. The number of benzene rings is 1. The summed E-state index contributed by atoms with van der Waals surface area (Å²) in [5, 5.41) is 9.25. The molecule has 0 saturated carbocycles. The molecular formula is C17H25ClF2N4O2. The van der Waals surface area contributed by atoms with Gasteiger partial charge in [0, 0.05) is 43.2 Å². The maximum Gasteiger partial charge on any atom is 0.387 e. The molecule has 1 atom stereocenters. The van der Waals surface area contributed by atoms with E-state index in [1.54, 1.807) is 13.1 Å². The molecule has 0 saturated heterocycles. The minimum absolute atomic E-state index is 0.0419. The predicted octanol–water partition coefficient (Wildman–Crippen LogP) is 2.91. The van der Waals surface area contributed by atoms with E-state index in [1.165, 1.54) is 12.1 Å². The Bertz CT molecular complexity index is 614. The number of amides is 1. The Balaban J connectivity index is 2.52. The van der Waals surface area contributed by atoms with Crippen molar-refractivity contribution in [2.75, 3.05) is 13.6 Å². The van der Waals surface area contributed by atoms with Gasteiger partial charge in [0.25, 0.3) is 0 Å². The topological polar surface area (TPSA) is 74.8 Å². The summed E-state index contributed by atoms with van der Waals surface area (Å²) in [6.07, 6.45) is 1.16. The van der Waals surface area contributed by atoms with E-state index in [9.17, 15) is 13.6 Å². The van der Waals surface area contributed by atoms with Gasteiger partial charge in [-0.3, -0.25) is 9.79 Å². The fraction of sp³-hybridized carbons (Fsp3) is 0.529. The van der Waals surface area contributed by atoms with Gasteiger partial charge in [-0.1, -0.05) is 18.5 Å². The number of aliphatic imine (C=N–C) groups is 1. The molecule has 26 heavy (non-hydrogen) atoms. The van der Waals surface area contributed by atoms with Crippen molar-refractivity contribution in [1.82, 2.24) is 16.0 Å². The fourth-order valence-electron chi connectivity index (χ4n) is 2.04. The Labute approximate surface area is 157 Å². The first kappa shape index (κ1) is 22.0. The molecule has 3 N–H and O–H groups in total. The van der Waals surface area contributed by atoms with Crippen LogP contribution in [0, 0.1) is 0 Å². The van der Waals surface area contributed by atoms with Crippen molar-refractivity contribution >= 4 is 23.5 Å². The van der Waals surface area contributed by atoms with Crippen LogP contribution in [0.5, 0.6) is 5.75 Å². The first-order chi connectivity index (χ1) is 12.3. The number of ether oxygens (including phenoxy) is 1. The van der Waals surface area contributed by atoms with Gasteiger partial charge in [0.2, 0.25) is 5.91 Å². The first-order valence-corrected chi connectivity index (χ1v) is 8.70. The van der Waals surface area contributed by atoms with Gasteiger partial charge in [0.05, 0.1) is 0 Å². The maximum absolute atomic E-state index is 12.5. The van der Waals surface area contributed by atoms with Crippen LogP contribution in [0.4, 0.5) is 8.78 Å². The average Bonchev–Trinajstić information content (AvgIpc) is 2.59. The maximum atomic E-state index is 12.5. The second-order valence-electron chi connectivity index (χ2n) is 5.61.